The van der Waals surface area contributed by atoms with Gasteiger partial charge in [0.2, 0.25) is 0 Å². The van der Waals surface area contributed by atoms with Crippen LogP contribution in [-0.2, 0) is 6.42 Å². The first-order valence-corrected chi connectivity index (χ1v) is 6.03. The first-order chi connectivity index (χ1) is 8.13. The summed E-state index contributed by atoms with van der Waals surface area (Å²) in [5.74, 6) is -0.0721. The third-order valence-electron chi connectivity index (χ3n) is 3.12. The second-order valence-corrected chi connectivity index (χ2v) is 4.50. The fraction of sp³-hybridized carbons (Fsp3) is 0.333. The van der Waals surface area contributed by atoms with Crippen LogP contribution in [-0.4, -0.2) is 11.6 Å². The lowest BCUT2D eigenvalue weighted by Gasteiger charge is -2.13. The van der Waals surface area contributed by atoms with Gasteiger partial charge in [-0.25, -0.2) is 0 Å². The molecule has 0 bridgehead atoms. The maximum atomic E-state index is 11.9. The molecule has 88 valence electrons. The minimum absolute atomic E-state index is 0.0263. The van der Waals surface area contributed by atoms with Gasteiger partial charge >= 0.3 is 0 Å². The Bertz CT molecular complexity index is 510. The molecule has 0 amide bonds. The monoisotopic (exact) mass is 228 g/mol. The Kier molecular flexibility index (Phi) is 3.23. The van der Waals surface area contributed by atoms with E-state index in [0.29, 0.717) is 16.7 Å². The number of benzene rings is 1. The lowest BCUT2D eigenvalue weighted by molar-refractivity contribution is 0.0984. The molecule has 0 aromatic heterocycles. The van der Waals surface area contributed by atoms with Crippen LogP contribution < -0.4 is 0 Å². The highest BCUT2D eigenvalue weighted by Crippen LogP contribution is 2.22. The summed E-state index contributed by atoms with van der Waals surface area (Å²) in [6, 6.07) is 5.61. The predicted molar refractivity (Wildman–Crippen MR) is 67.5 cm³/mol. The molecule has 1 aromatic carbocycles. The van der Waals surface area contributed by atoms with Crippen LogP contribution in [0.2, 0.25) is 0 Å². The van der Waals surface area contributed by atoms with Crippen LogP contribution in [0.4, 0.5) is 0 Å². The molecule has 1 aliphatic carbocycles. The van der Waals surface area contributed by atoms with Gasteiger partial charge in [-0.1, -0.05) is 25.5 Å². The Morgan fingerprint density at radius 2 is 1.88 bits per heavy atom. The second kappa shape index (κ2) is 4.66. The highest BCUT2D eigenvalue weighted by atomic mass is 16.1. The highest BCUT2D eigenvalue weighted by molar-refractivity contribution is 6.24. The highest BCUT2D eigenvalue weighted by Gasteiger charge is 2.22. The standard InChI is InChI=1S/C15H16O2/c1-3-4-5-11-6-7-12-13(9-11)14(16)8-10(2)15(12)17/h6-9H,3-5H2,1-2H3. The maximum Gasteiger partial charge on any atom is 0.189 e. The van der Waals surface area contributed by atoms with Gasteiger partial charge in [-0.2, -0.15) is 0 Å². The first kappa shape index (κ1) is 11.8. The molecular formula is C15H16O2. The third kappa shape index (κ3) is 2.21. The van der Waals surface area contributed by atoms with E-state index in [1.165, 1.54) is 6.08 Å². The van der Waals surface area contributed by atoms with Crippen molar-refractivity contribution in [3.8, 4) is 0 Å². The van der Waals surface area contributed by atoms with Crippen molar-refractivity contribution in [1.82, 2.24) is 0 Å². The van der Waals surface area contributed by atoms with Crippen LogP contribution in [0.25, 0.3) is 0 Å². The second-order valence-electron chi connectivity index (χ2n) is 4.50. The number of carbonyl (C=O) groups is 2. The summed E-state index contributed by atoms with van der Waals surface area (Å²) < 4.78 is 0. The van der Waals surface area contributed by atoms with E-state index < -0.39 is 0 Å². The molecule has 0 fully saturated rings. The zero-order chi connectivity index (χ0) is 12.4. The van der Waals surface area contributed by atoms with Crippen molar-refractivity contribution in [2.45, 2.75) is 33.1 Å². The van der Waals surface area contributed by atoms with Gasteiger partial charge in [0.25, 0.3) is 0 Å². The van der Waals surface area contributed by atoms with Gasteiger partial charge in [-0.15, -0.1) is 0 Å². The molecule has 17 heavy (non-hydrogen) atoms. The molecule has 2 rings (SSSR count). The Balaban J connectivity index is 2.39. The van der Waals surface area contributed by atoms with E-state index in [-0.39, 0.29) is 11.6 Å². The molecule has 2 nitrogen and oxygen atoms in total. The van der Waals surface area contributed by atoms with E-state index in [4.69, 9.17) is 0 Å². The molecule has 0 aliphatic heterocycles. The normalized spacial score (nSPS) is 14.6. The quantitative estimate of drug-likeness (QED) is 0.795. The number of hydrogen-bond acceptors (Lipinski definition) is 2. The molecule has 0 atom stereocenters. The molecule has 0 unspecified atom stereocenters. The van der Waals surface area contributed by atoms with Crippen molar-refractivity contribution < 1.29 is 9.59 Å². The molecule has 2 heteroatoms. The lowest BCUT2D eigenvalue weighted by Crippen LogP contribution is -2.15. The number of Topliss-reactive ketones (excluding diaryl/α,β-unsaturated/α-hetero) is 1. The number of ketones is 2. The molecule has 1 aliphatic rings. The van der Waals surface area contributed by atoms with E-state index >= 15 is 0 Å². The lowest BCUT2D eigenvalue weighted by atomic mass is 9.88. The topological polar surface area (TPSA) is 34.1 Å². The van der Waals surface area contributed by atoms with Gasteiger partial charge in [0.05, 0.1) is 0 Å². The largest absolute Gasteiger partial charge is 0.289 e. The van der Waals surface area contributed by atoms with Gasteiger partial charge in [-0.05, 0) is 37.5 Å². The van der Waals surface area contributed by atoms with Gasteiger partial charge in [-0.3, -0.25) is 9.59 Å². The summed E-state index contributed by atoms with van der Waals surface area (Å²) in [5, 5.41) is 0. The fourth-order valence-electron chi connectivity index (χ4n) is 2.08. The molecule has 0 spiro atoms. The van der Waals surface area contributed by atoms with Crippen molar-refractivity contribution in [1.29, 1.82) is 0 Å². The Labute approximate surface area is 101 Å². The number of carbonyl (C=O) groups excluding carboxylic acids is 2. The minimum Gasteiger partial charge on any atom is -0.289 e. The molecule has 1 aromatic rings. The number of rotatable bonds is 3. The average molecular weight is 228 g/mol. The molecule has 0 radical (unpaired) electrons. The van der Waals surface area contributed by atoms with Crippen LogP contribution in [0.15, 0.2) is 29.8 Å². The van der Waals surface area contributed by atoms with E-state index in [0.717, 1.165) is 24.8 Å². The smallest absolute Gasteiger partial charge is 0.189 e. The van der Waals surface area contributed by atoms with Gasteiger partial charge in [0.15, 0.2) is 11.6 Å². The number of aryl methyl sites for hydroxylation is 1. The summed E-state index contributed by atoms with van der Waals surface area (Å²) in [6.07, 6.45) is 4.64. The zero-order valence-corrected chi connectivity index (χ0v) is 10.2. The molecule has 0 heterocycles. The summed E-state index contributed by atoms with van der Waals surface area (Å²) in [6.45, 7) is 3.83. The Hall–Kier alpha value is -1.70. The SMILES string of the molecule is CCCCc1ccc2c(c1)C(=O)C=C(C)C2=O. The van der Waals surface area contributed by atoms with Crippen LogP contribution in [0.1, 0.15) is 53.0 Å². The van der Waals surface area contributed by atoms with Crippen molar-refractivity contribution in [2.24, 2.45) is 0 Å². The van der Waals surface area contributed by atoms with Crippen molar-refractivity contribution in [3.63, 3.8) is 0 Å². The van der Waals surface area contributed by atoms with Crippen molar-refractivity contribution in [3.05, 3.63) is 46.5 Å². The van der Waals surface area contributed by atoms with Crippen molar-refractivity contribution in [2.75, 3.05) is 0 Å². The Morgan fingerprint density at radius 3 is 2.59 bits per heavy atom. The summed E-state index contributed by atoms with van der Waals surface area (Å²) in [4.78, 5) is 23.7. The van der Waals surface area contributed by atoms with E-state index in [1.54, 1.807) is 13.0 Å². The molecular weight excluding hydrogens is 212 g/mol. The first-order valence-electron chi connectivity index (χ1n) is 6.03. The summed E-state index contributed by atoms with van der Waals surface area (Å²) in [5.41, 5.74) is 2.79. The van der Waals surface area contributed by atoms with Crippen LogP contribution in [0.5, 0.6) is 0 Å². The molecule has 0 N–H and O–H groups in total. The van der Waals surface area contributed by atoms with E-state index in [2.05, 4.69) is 6.92 Å². The van der Waals surface area contributed by atoms with Gasteiger partial charge < -0.3 is 0 Å². The molecule has 0 saturated carbocycles. The average Bonchev–Trinajstić information content (AvgIpc) is 2.33. The molecule has 0 saturated heterocycles. The van der Waals surface area contributed by atoms with Crippen LogP contribution >= 0.6 is 0 Å². The number of unbranched alkanes of at least 4 members (excludes halogenated alkanes) is 1. The maximum absolute atomic E-state index is 11.9. The van der Waals surface area contributed by atoms with Crippen molar-refractivity contribution >= 4 is 11.6 Å². The summed E-state index contributed by atoms with van der Waals surface area (Å²) >= 11 is 0. The predicted octanol–water partition coefficient (Wildman–Crippen LogP) is 3.35. The zero-order valence-electron chi connectivity index (χ0n) is 10.2. The van der Waals surface area contributed by atoms with Gasteiger partial charge in [0, 0.05) is 16.7 Å². The summed E-state index contributed by atoms with van der Waals surface area (Å²) in [7, 11) is 0. The number of fused-ring (bicyclic) bond motifs is 1. The number of hydrogen-bond donors (Lipinski definition) is 0. The van der Waals surface area contributed by atoms with Gasteiger partial charge in [0.1, 0.15) is 0 Å². The van der Waals surface area contributed by atoms with Crippen LogP contribution in [0, 0.1) is 0 Å². The minimum atomic E-state index is -0.0459. The van der Waals surface area contributed by atoms with E-state index in [1.807, 2.05) is 12.1 Å². The third-order valence-corrected chi connectivity index (χ3v) is 3.12. The Morgan fingerprint density at radius 1 is 1.12 bits per heavy atom. The fourth-order valence-corrected chi connectivity index (χ4v) is 2.08. The van der Waals surface area contributed by atoms with Crippen LogP contribution in [0.3, 0.4) is 0 Å². The van der Waals surface area contributed by atoms with E-state index in [9.17, 15) is 9.59 Å². The number of allylic oxidation sites excluding steroid dienone is 2.